The molecule has 0 unspecified atom stereocenters. The van der Waals surface area contributed by atoms with Crippen LogP contribution in [0.1, 0.15) is 43.9 Å². The second-order valence-corrected chi connectivity index (χ2v) is 5.65. The summed E-state index contributed by atoms with van der Waals surface area (Å²) in [4.78, 5) is 0. The summed E-state index contributed by atoms with van der Waals surface area (Å²) >= 11 is 0. The lowest BCUT2D eigenvalue weighted by atomic mass is 9.85. The van der Waals surface area contributed by atoms with E-state index in [-0.39, 0.29) is 0 Å². The molecule has 1 aliphatic rings. The molecular formula is C14H20. The fourth-order valence-corrected chi connectivity index (χ4v) is 2.44. The Morgan fingerprint density at radius 2 is 1.93 bits per heavy atom. The van der Waals surface area contributed by atoms with Crippen LogP contribution in [-0.2, 0) is 19.3 Å². The normalized spacial score (nSPS) is 15.6. The van der Waals surface area contributed by atoms with Crippen molar-refractivity contribution in [3.63, 3.8) is 0 Å². The maximum Gasteiger partial charge on any atom is -0.0227 e. The average molecular weight is 188 g/mol. The molecule has 0 bridgehead atoms. The molecule has 1 aromatic carbocycles. The lowest BCUT2D eigenvalue weighted by molar-refractivity contribution is 0.410. The first kappa shape index (κ1) is 9.76. The molecule has 0 radical (unpaired) electrons. The summed E-state index contributed by atoms with van der Waals surface area (Å²) in [6.45, 7) is 6.96. The van der Waals surface area contributed by atoms with Crippen molar-refractivity contribution in [2.45, 2.75) is 46.5 Å². The minimum absolute atomic E-state index is 0.414. The third-order valence-corrected chi connectivity index (χ3v) is 2.96. The third-order valence-electron chi connectivity index (χ3n) is 2.96. The zero-order valence-electron chi connectivity index (χ0n) is 9.56. The Bertz CT molecular complexity index is 328. The molecule has 0 nitrogen and oxygen atoms in total. The van der Waals surface area contributed by atoms with Crippen molar-refractivity contribution >= 4 is 0 Å². The summed E-state index contributed by atoms with van der Waals surface area (Å²) < 4.78 is 0. The highest BCUT2D eigenvalue weighted by Gasteiger charge is 2.18. The standard InChI is InChI=1S/C14H20/c1-14(2,3)10-12-8-4-6-11-7-5-9-13(11)12/h4,6,8H,5,7,9-10H2,1-3H3. The first-order chi connectivity index (χ1) is 6.56. The van der Waals surface area contributed by atoms with E-state index in [4.69, 9.17) is 0 Å². The van der Waals surface area contributed by atoms with E-state index in [0.717, 1.165) is 0 Å². The predicted octanol–water partition coefficient (Wildman–Crippen LogP) is 3.76. The number of hydrogen-bond donors (Lipinski definition) is 0. The van der Waals surface area contributed by atoms with Gasteiger partial charge in [-0.25, -0.2) is 0 Å². The van der Waals surface area contributed by atoms with Gasteiger partial charge in [0, 0.05) is 0 Å². The molecule has 0 amide bonds. The summed E-state index contributed by atoms with van der Waals surface area (Å²) in [7, 11) is 0. The number of fused-ring (bicyclic) bond motifs is 1. The van der Waals surface area contributed by atoms with Gasteiger partial charge in [-0.15, -0.1) is 0 Å². The third kappa shape index (κ3) is 2.00. The number of hydrogen-bond acceptors (Lipinski definition) is 0. The summed E-state index contributed by atoms with van der Waals surface area (Å²) in [5.74, 6) is 0. The lowest BCUT2D eigenvalue weighted by Crippen LogP contribution is -2.10. The van der Waals surface area contributed by atoms with Gasteiger partial charge in [0.2, 0.25) is 0 Å². The van der Waals surface area contributed by atoms with Crippen molar-refractivity contribution in [3.05, 3.63) is 34.9 Å². The fourth-order valence-electron chi connectivity index (χ4n) is 2.44. The molecule has 0 aromatic heterocycles. The first-order valence-electron chi connectivity index (χ1n) is 5.66. The van der Waals surface area contributed by atoms with Crippen LogP contribution < -0.4 is 0 Å². The Hall–Kier alpha value is -0.780. The van der Waals surface area contributed by atoms with E-state index < -0.39 is 0 Å². The Morgan fingerprint density at radius 3 is 2.64 bits per heavy atom. The SMILES string of the molecule is CC(C)(C)Cc1cccc2c1CCC2. The quantitative estimate of drug-likeness (QED) is 0.629. The Balaban J connectivity index is 2.31. The second kappa shape index (κ2) is 3.42. The predicted molar refractivity (Wildman–Crippen MR) is 61.6 cm³/mol. The van der Waals surface area contributed by atoms with E-state index >= 15 is 0 Å². The zero-order valence-corrected chi connectivity index (χ0v) is 9.56. The van der Waals surface area contributed by atoms with Crippen LogP contribution in [0.3, 0.4) is 0 Å². The minimum atomic E-state index is 0.414. The molecule has 0 fully saturated rings. The smallest absolute Gasteiger partial charge is 0.0227 e. The van der Waals surface area contributed by atoms with Crippen molar-refractivity contribution < 1.29 is 0 Å². The monoisotopic (exact) mass is 188 g/mol. The minimum Gasteiger partial charge on any atom is -0.0617 e. The fraction of sp³-hybridized carbons (Fsp3) is 0.571. The van der Waals surface area contributed by atoms with Crippen LogP contribution in [0.2, 0.25) is 0 Å². The Labute approximate surface area is 87.3 Å². The van der Waals surface area contributed by atoms with E-state index in [1.807, 2.05) is 0 Å². The number of benzene rings is 1. The van der Waals surface area contributed by atoms with Gasteiger partial charge in [-0.2, -0.15) is 0 Å². The molecule has 0 saturated carbocycles. The van der Waals surface area contributed by atoms with Crippen LogP contribution in [0, 0.1) is 5.41 Å². The summed E-state index contributed by atoms with van der Waals surface area (Å²) in [6, 6.07) is 6.84. The van der Waals surface area contributed by atoms with Crippen molar-refractivity contribution in [2.75, 3.05) is 0 Å². The van der Waals surface area contributed by atoms with Crippen molar-refractivity contribution in [1.82, 2.24) is 0 Å². The van der Waals surface area contributed by atoms with Crippen LogP contribution in [0.15, 0.2) is 18.2 Å². The van der Waals surface area contributed by atoms with Gasteiger partial charge in [-0.3, -0.25) is 0 Å². The zero-order chi connectivity index (χ0) is 10.2. The van der Waals surface area contributed by atoms with E-state index in [1.54, 1.807) is 16.7 Å². The van der Waals surface area contributed by atoms with E-state index in [2.05, 4.69) is 39.0 Å². The first-order valence-corrected chi connectivity index (χ1v) is 5.66. The van der Waals surface area contributed by atoms with Gasteiger partial charge in [0.15, 0.2) is 0 Å². The molecule has 0 saturated heterocycles. The maximum atomic E-state index is 2.32. The van der Waals surface area contributed by atoms with Crippen molar-refractivity contribution in [2.24, 2.45) is 5.41 Å². The topological polar surface area (TPSA) is 0 Å². The Morgan fingerprint density at radius 1 is 1.14 bits per heavy atom. The van der Waals surface area contributed by atoms with E-state index in [9.17, 15) is 0 Å². The van der Waals surface area contributed by atoms with Crippen molar-refractivity contribution in [1.29, 1.82) is 0 Å². The van der Waals surface area contributed by atoms with E-state index in [0.29, 0.717) is 5.41 Å². The van der Waals surface area contributed by atoms with Gasteiger partial charge in [0.05, 0.1) is 0 Å². The van der Waals surface area contributed by atoms with Crippen LogP contribution >= 0.6 is 0 Å². The van der Waals surface area contributed by atoms with Gasteiger partial charge >= 0.3 is 0 Å². The molecule has 1 aliphatic carbocycles. The average Bonchev–Trinajstić information content (AvgIpc) is 2.49. The van der Waals surface area contributed by atoms with Crippen LogP contribution in [-0.4, -0.2) is 0 Å². The van der Waals surface area contributed by atoms with Gasteiger partial charge in [-0.05, 0) is 47.8 Å². The molecule has 0 spiro atoms. The Kier molecular flexibility index (Phi) is 2.38. The van der Waals surface area contributed by atoms with Gasteiger partial charge < -0.3 is 0 Å². The van der Waals surface area contributed by atoms with E-state index in [1.165, 1.54) is 25.7 Å². The van der Waals surface area contributed by atoms with Gasteiger partial charge in [-0.1, -0.05) is 39.0 Å². The molecule has 1 aromatic rings. The van der Waals surface area contributed by atoms with Crippen LogP contribution in [0.25, 0.3) is 0 Å². The van der Waals surface area contributed by atoms with Crippen molar-refractivity contribution in [3.8, 4) is 0 Å². The molecule has 76 valence electrons. The summed E-state index contributed by atoms with van der Waals surface area (Å²) in [6.07, 6.45) is 5.18. The molecular weight excluding hydrogens is 168 g/mol. The molecule has 0 aliphatic heterocycles. The number of rotatable bonds is 1. The molecule has 0 heteroatoms. The summed E-state index contributed by atoms with van der Waals surface area (Å²) in [5, 5.41) is 0. The highest BCUT2D eigenvalue weighted by Crippen LogP contribution is 2.29. The van der Waals surface area contributed by atoms with Crippen LogP contribution in [0.5, 0.6) is 0 Å². The summed E-state index contributed by atoms with van der Waals surface area (Å²) in [5.41, 5.74) is 5.26. The lowest BCUT2D eigenvalue weighted by Gasteiger charge is -2.20. The van der Waals surface area contributed by atoms with Crippen LogP contribution in [0.4, 0.5) is 0 Å². The number of aryl methyl sites for hydroxylation is 1. The van der Waals surface area contributed by atoms with Gasteiger partial charge in [0.25, 0.3) is 0 Å². The highest BCUT2D eigenvalue weighted by atomic mass is 14.2. The molecule has 0 atom stereocenters. The highest BCUT2D eigenvalue weighted by molar-refractivity contribution is 5.38. The molecule has 0 heterocycles. The maximum absolute atomic E-state index is 2.32. The van der Waals surface area contributed by atoms with Gasteiger partial charge in [0.1, 0.15) is 0 Å². The largest absolute Gasteiger partial charge is 0.0617 e. The molecule has 0 N–H and O–H groups in total. The second-order valence-electron chi connectivity index (χ2n) is 5.65. The molecule has 14 heavy (non-hydrogen) atoms. The molecule has 2 rings (SSSR count).